The Morgan fingerprint density at radius 1 is 0.920 bits per heavy atom. The van der Waals surface area contributed by atoms with Gasteiger partial charge in [-0.05, 0) is 34.2 Å². The van der Waals surface area contributed by atoms with Crippen molar-refractivity contribution in [1.29, 1.82) is 0 Å². The van der Waals surface area contributed by atoms with Crippen molar-refractivity contribution < 1.29 is 24.9 Å². The summed E-state index contributed by atoms with van der Waals surface area (Å²) in [4.78, 5) is 12.3. The van der Waals surface area contributed by atoms with Gasteiger partial charge in [-0.15, -0.1) is 0 Å². The van der Waals surface area contributed by atoms with Gasteiger partial charge in [0.25, 0.3) is 0 Å². The van der Waals surface area contributed by atoms with Crippen LogP contribution in [0.25, 0.3) is 21.9 Å². The fourth-order valence-corrected chi connectivity index (χ4v) is 3.43. The van der Waals surface area contributed by atoms with E-state index in [-0.39, 0.29) is 25.6 Å². The van der Waals surface area contributed by atoms with E-state index in [4.69, 9.17) is 4.74 Å². The first-order valence-electron chi connectivity index (χ1n) is 7.93. The molecule has 4 rings (SSSR count). The molecule has 3 aromatic carbocycles. The highest BCUT2D eigenvalue weighted by atomic mass is 16.5. The molecule has 0 fully saturated rings. The minimum atomic E-state index is -0.470. The molecule has 0 atom stereocenters. The van der Waals surface area contributed by atoms with E-state index in [0.29, 0.717) is 38.6 Å². The van der Waals surface area contributed by atoms with Crippen molar-refractivity contribution >= 4 is 16.7 Å². The first-order chi connectivity index (χ1) is 12.2. The van der Waals surface area contributed by atoms with Crippen LogP contribution in [0.3, 0.4) is 0 Å². The summed E-state index contributed by atoms with van der Waals surface area (Å²) >= 11 is 0. The number of fused-ring (bicyclic) bond motifs is 2. The molecule has 3 aromatic rings. The van der Waals surface area contributed by atoms with Crippen LogP contribution in [0.5, 0.6) is 5.75 Å². The molecule has 0 saturated carbocycles. The summed E-state index contributed by atoms with van der Waals surface area (Å²) in [6.45, 7) is -0.479. The second-order valence-electron chi connectivity index (χ2n) is 6.00. The number of phenolic OH excluding ortho intramolecular Hbond substituents is 1. The quantitative estimate of drug-likeness (QED) is 0.640. The third-order valence-electron chi connectivity index (χ3n) is 4.66. The fourth-order valence-electron chi connectivity index (χ4n) is 3.43. The molecule has 5 nitrogen and oxygen atoms in total. The van der Waals surface area contributed by atoms with E-state index in [9.17, 15) is 20.1 Å². The second kappa shape index (κ2) is 5.88. The topological polar surface area (TPSA) is 87.0 Å². The molecule has 0 bridgehead atoms. The molecule has 0 saturated heterocycles. The molecule has 0 aliphatic carbocycles. The number of hydrogen-bond donors (Lipinski definition) is 3. The van der Waals surface area contributed by atoms with E-state index in [1.54, 1.807) is 12.1 Å². The Morgan fingerprint density at radius 3 is 2.20 bits per heavy atom. The van der Waals surface area contributed by atoms with Gasteiger partial charge in [-0.1, -0.05) is 30.3 Å². The molecule has 126 valence electrons. The van der Waals surface area contributed by atoms with Crippen LogP contribution in [0.4, 0.5) is 0 Å². The van der Waals surface area contributed by atoms with Gasteiger partial charge in [0.1, 0.15) is 12.4 Å². The summed E-state index contributed by atoms with van der Waals surface area (Å²) in [6.07, 6.45) is 0. The Labute approximate surface area is 143 Å². The van der Waals surface area contributed by atoms with Gasteiger partial charge in [-0.3, -0.25) is 0 Å². The van der Waals surface area contributed by atoms with Crippen molar-refractivity contribution in [3.05, 3.63) is 64.7 Å². The molecule has 0 amide bonds. The summed E-state index contributed by atoms with van der Waals surface area (Å²) in [5.74, 6) is -0.488. The highest BCUT2D eigenvalue weighted by molar-refractivity contribution is 6.13. The molecule has 1 aliphatic heterocycles. The van der Waals surface area contributed by atoms with E-state index < -0.39 is 5.97 Å². The maximum absolute atomic E-state index is 12.3. The Hall–Kier alpha value is -2.89. The van der Waals surface area contributed by atoms with E-state index in [2.05, 4.69) is 0 Å². The van der Waals surface area contributed by atoms with Crippen molar-refractivity contribution in [2.75, 3.05) is 0 Å². The van der Waals surface area contributed by atoms with Crippen molar-refractivity contribution in [2.24, 2.45) is 0 Å². The van der Waals surface area contributed by atoms with E-state index in [1.807, 2.05) is 30.3 Å². The number of aliphatic hydroxyl groups excluding tert-OH is 2. The number of hydrogen-bond acceptors (Lipinski definition) is 5. The lowest BCUT2D eigenvalue weighted by atomic mass is 9.88. The van der Waals surface area contributed by atoms with Crippen LogP contribution in [0.2, 0.25) is 0 Å². The van der Waals surface area contributed by atoms with Gasteiger partial charge in [0, 0.05) is 16.5 Å². The summed E-state index contributed by atoms with van der Waals surface area (Å²) in [7, 11) is 0. The Bertz CT molecular complexity index is 992. The maximum Gasteiger partial charge on any atom is 0.339 e. The summed E-state index contributed by atoms with van der Waals surface area (Å²) in [6, 6.07) is 12.8. The molecule has 3 N–H and O–H groups in total. The van der Waals surface area contributed by atoms with Gasteiger partial charge in [-0.2, -0.15) is 0 Å². The summed E-state index contributed by atoms with van der Waals surface area (Å²) in [5.41, 5.74) is 3.40. The van der Waals surface area contributed by atoms with Crippen LogP contribution in [0.15, 0.2) is 42.5 Å². The number of cyclic esters (lactones) is 1. The Morgan fingerprint density at radius 2 is 1.56 bits per heavy atom. The molecule has 1 aliphatic rings. The summed E-state index contributed by atoms with van der Waals surface area (Å²) < 4.78 is 5.15. The lowest BCUT2D eigenvalue weighted by Crippen LogP contribution is -2.01. The zero-order valence-electron chi connectivity index (χ0n) is 13.3. The zero-order chi connectivity index (χ0) is 17.6. The lowest BCUT2D eigenvalue weighted by Gasteiger charge is -2.16. The number of benzene rings is 3. The number of ether oxygens (including phenoxy) is 1. The van der Waals surface area contributed by atoms with Crippen molar-refractivity contribution in [3.8, 4) is 16.9 Å². The van der Waals surface area contributed by atoms with Crippen LogP contribution in [0.1, 0.15) is 27.0 Å². The minimum absolute atomic E-state index is 0.0188. The monoisotopic (exact) mass is 336 g/mol. The van der Waals surface area contributed by atoms with Crippen molar-refractivity contribution in [1.82, 2.24) is 0 Å². The number of esters is 1. The molecule has 0 unspecified atom stereocenters. The van der Waals surface area contributed by atoms with E-state index in [1.165, 1.54) is 0 Å². The number of aromatic hydroxyl groups is 1. The van der Waals surface area contributed by atoms with Gasteiger partial charge >= 0.3 is 5.97 Å². The number of rotatable bonds is 3. The van der Waals surface area contributed by atoms with Gasteiger partial charge in [0.15, 0.2) is 0 Å². The van der Waals surface area contributed by atoms with Crippen LogP contribution in [-0.2, 0) is 24.6 Å². The number of aliphatic hydroxyl groups is 2. The molecule has 25 heavy (non-hydrogen) atoms. The van der Waals surface area contributed by atoms with Crippen molar-refractivity contribution in [2.45, 2.75) is 19.8 Å². The molecule has 1 heterocycles. The predicted octanol–water partition coefficient (Wildman–Crippen LogP) is 2.87. The third kappa shape index (κ3) is 2.28. The number of carbonyl (C=O) groups is 1. The Kier molecular flexibility index (Phi) is 3.67. The van der Waals surface area contributed by atoms with E-state index >= 15 is 0 Å². The molecule has 0 aromatic heterocycles. The van der Waals surface area contributed by atoms with Gasteiger partial charge in [0.2, 0.25) is 0 Å². The lowest BCUT2D eigenvalue weighted by molar-refractivity contribution is 0.0535. The molecular weight excluding hydrogens is 320 g/mol. The average Bonchev–Trinajstić information content (AvgIpc) is 3.03. The standard InChI is InChI=1S/C20H16O5/c21-8-12-6-14-15(7-13(12)9-22)19(23)16-10-25-20(24)18(16)17(14)11-4-2-1-3-5-11/h1-7,21-23H,8-10H2. The predicted molar refractivity (Wildman–Crippen MR) is 92.0 cm³/mol. The van der Waals surface area contributed by atoms with Gasteiger partial charge in [0.05, 0.1) is 18.8 Å². The largest absolute Gasteiger partial charge is 0.507 e. The third-order valence-corrected chi connectivity index (χ3v) is 4.66. The van der Waals surface area contributed by atoms with E-state index in [0.717, 1.165) is 5.56 Å². The van der Waals surface area contributed by atoms with Gasteiger partial charge in [-0.25, -0.2) is 4.79 Å². The fraction of sp³-hybridized carbons (Fsp3) is 0.150. The van der Waals surface area contributed by atoms with Crippen molar-refractivity contribution in [3.63, 3.8) is 0 Å². The molecule has 5 heteroatoms. The van der Waals surface area contributed by atoms with Crippen LogP contribution in [-0.4, -0.2) is 21.3 Å². The smallest absolute Gasteiger partial charge is 0.339 e. The molecular formula is C20H16O5. The first kappa shape index (κ1) is 15.6. The van der Waals surface area contributed by atoms with Crippen LogP contribution >= 0.6 is 0 Å². The van der Waals surface area contributed by atoms with Crippen LogP contribution < -0.4 is 0 Å². The number of phenols is 1. The second-order valence-corrected chi connectivity index (χ2v) is 6.00. The maximum atomic E-state index is 12.3. The molecule has 0 radical (unpaired) electrons. The average molecular weight is 336 g/mol. The SMILES string of the molecule is O=C1OCc2c1c(-c1ccccc1)c1cc(CO)c(CO)cc1c2O. The van der Waals surface area contributed by atoms with Gasteiger partial charge < -0.3 is 20.1 Å². The minimum Gasteiger partial charge on any atom is -0.507 e. The first-order valence-corrected chi connectivity index (χ1v) is 7.93. The molecule has 0 spiro atoms. The normalized spacial score (nSPS) is 13.1. The summed E-state index contributed by atoms with van der Waals surface area (Å²) in [5, 5.41) is 31.0. The Balaban J connectivity index is 2.19. The highest BCUT2D eigenvalue weighted by Crippen LogP contribution is 2.44. The van der Waals surface area contributed by atoms with Crippen LogP contribution in [0, 0.1) is 0 Å². The highest BCUT2D eigenvalue weighted by Gasteiger charge is 2.31. The zero-order valence-corrected chi connectivity index (χ0v) is 13.3. The number of carbonyl (C=O) groups excluding carboxylic acids is 1.